The Kier molecular flexibility index (Phi) is 4.45. The van der Waals surface area contributed by atoms with Crippen LogP contribution in [0.5, 0.6) is 0 Å². The second-order valence-corrected chi connectivity index (χ2v) is 6.23. The number of carbonyl (C=O) groups excluding carboxylic acids is 1. The third-order valence-corrected chi connectivity index (χ3v) is 4.51. The van der Waals surface area contributed by atoms with Gasteiger partial charge in [-0.05, 0) is 52.0 Å². The Bertz CT molecular complexity index is 463. The van der Waals surface area contributed by atoms with Crippen LogP contribution >= 0.6 is 11.8 Å². The number of hydrogen-bond acceptors (Lipinski definition) is 4. The summed E-state index contributed by atoms with van der Waals surface area (Å²) >= 11 is 1.41. The number of aryl methyl sites for hydroxylation is 2. The van der Waals surface area contributed by atoms with Crippen molar-refractivity contribution in [1.82, 2.24) is 15.3 Å². The van der Waals surface area contributed by atoms with Crippen LogP contribution in [0.2, 0.25) is 0 Å². The minimum absolute atomic E-state index is 0.0730. The Morgan fingerprint density at radius 2 is 1.89 bits per heavy atom. The Morgan fingerprint density at radius 3 is 2.42 bits per heavy atom. The molecule has 2 rings (SSSR count). The zero-order valence-corrected chi connectivity index (χ0v) is 12.8. The molecule has 0 radical (unpaired) electrons. The number of rotatable bonds is 5. The Labute approximate surface area is 118 Å². The molecule has 1 atom stereocenters. The summed E-state index contributed by atoms with van der Waals surface area (Å²) in [7, 11) is 0. The summed E-state index contributed by atoms with van der Waals surface area (Å²) in [4.78, 5) is 20.6. The topological polar surface area (TPSA) is 54.9 Å². The molecule has 0 aromatic carbocycles. The molecule has 5 heteroatoms. The van der Waals surface area contributed by atoms with Gasteiger partial charge in [-0.1, -0.05) is 11.8 Å². The van der Waals surface area contributed by atoms with Gasteiger partial charge in [-0.25, -0.2) is 9.97 Å². The first-order valence-corrected chi connectivity index (χ1v) is 7.70. The van der Waals surface area contributed by atoms with Crippen molar-refractivity contribution in [3.05, 3.63) is 17.0 Å². The first-order chi connectivity index (χ1) is 8.97. The highest BCUT2D eigenvalue weighted by molar-refractivity contribution is 7.99. The van der Waals surface area contributed by atoms with Crippen LogP contribution in [-0.4, -0.2) is 27.7 Å². The molecule has 1 unspecified atom stereocenters. The fourth-order valence-electron chi connectivity index (χ4n) is 1.95. The second kappa shape index (κ2) is 5.90. The lowest BCUT2D eigenvalue weighted by Gasteiger charge is -2.12. The summed E-state index contributed by atoms with van der Waals surface area (Å²) in [6, 6.07) is 0.301. The SMILES string of the molecule is Cc1nc(SCC(=O)NC(C)C2CC2)nc(C)c1C. The molecule has 1 heterocycles. The highest BCUT2D eigenvalue weighted by Crippen LogP contribution is 2.32. The quantitative estimate of drug-likeness (QED) is 0.664. The molecule has 0 spiro atoms. The van der Waals surface area contributed by atoms with Gasteiger partial charge in [0.1, 0.15) is 0 Å². The van der Waals surface area contributed by atoms with Crippen LogP contribution in [0.1, 0.15) is 36.7 Å². The molecule has 0 aliphatic heterocycles. The van der Waals surface area contributed by atoms with E-state index in [1.165, 1.54) is 24.6 Å². The van der Waals surface area contributed by atoms with Crippen molar-refractivity contribution in [2.75, 3.05) is 5.75 Å². The number of nitrogens with one attached hydrogen (secondary N) is 1. The van der Waals surface area contributed by atoms with Gasteiger partial charge in [-0.15, -0.1) is 0 Å². The molecule has 1 aromatic rings. The van der Waals surface area contributed by atoms with Gasteiger partial charge in [0.15, 0.2) is 5.16 Å². The third kappa shape index (κ3) is 3.93. The van der Waals surface area contributed by atoms with Crippen LogP contribution in [0.4, 0.5) is 0 Å². The fourth-order valence-corrected chi connectivity index (χ4v) is 2.69. The molecular formula is C14H21N3OS. The largest absolute Gasteiger partial charge is 0.353 e. The Morgan fingerprint density at radius 1 is 1.32 bits per heavy atom. The van der Waals surface area contributed by atoms with Crippen molar-refractivity contribution in [2.24, 2.45) is 5.92 Å². The number of hydrogen-bond donors (Lipinski definition) is 1. The van der Waals surface area contributed by atoms with Gasteiger partial charge in [-0.3, -0.25) is 4.79 Å². The standard InChI is InChI=1S/C14H21N3OS/c1-8-9(2)16-14(17-10(8)3)19-7-13(18)15-11(4)12-5-6-12/h11-12H,5-7H2,1-4H3,(H,15,18). The van der Waals surface area contributed by atoms with Crippen molar-refractivity contribution in [1.29, 1.82) is 0 Å². The minimum Gasteiger partial charge on any atom is -0.353 e. The maximum absolute atomic E-state index is 11.8. The third-order valence-electron chi connectivity index (χ3n) is 3.66. The minimum atomic E-state index is 0.0730. The zero-order chi connectivity index (χ0) is 14.0. The maximum atomic E-state index is 11.8. The molecule has 1 aromatic heterocycles. The highest BCUT2D eigenvalue weighted by Gasteiger charge is 2.28. The summed E-state index contributed by atoms with van der Waals surface area (Å²) in [5.74, 6) is 1.15. The van der Waals surface area contributed by atoms with Crippen molar-refractivity contribution in [3.63, 3.8) is 0 Å². The van der Waals surface area contributed by atoms with Crippen molar-refractivity contribution in [3.8, 4) is 0 Å². The van der Waals surface area contributed by atoms with Crippen LogP contribution in [0.15, 0.2) is 5.16 Å². The van der Waals surface area contributed by atoms with Gasteiger partial charge in [0.05, 0.1) is 5.75 Å². The van der Waals surface area contributed by atoms with E-state index in [2.05, 4.69) is 22.2 Å². The molecule has 1 amide bonds. The molecule has 1 fully saturated rings. The normalized spacial score (nSPS) is 16.2. The average Bonchev–Trinajstić information content (AvgIpc) is 3.17. The maximum Gasteiger partial charge on any atom is 0.230 e. The molecule has 0 saturated heterocycles. The molecule has 0 bridgehead atoms. The number of nitrogens with zero attached hydrogens (tertiary/aromatic N) is 2. The van der Waals surface area contributed by atoms with E-state index in [9.17, 15) is 4.79 Å². The van der Waals surface area contributed by atoms with Crippen molar-refractivity contribution in [2.45, 2.75) is 51.7 Å². The molecule has 4 nitrogen and oxygen atoms in total. The van der Waals surface area contributed by atoms with Crippen LogP contribution in [0, 0.1) is 26.7 Å². The van der Waals surface area contributed by atoms with E-state index in [-0.39, 0.29) is 5.91 Å². The van der Waals surface area contributed by atoms with E-state index in [1.807, 2.05) is 20.8 Å². The van der Waals surface area contributed by atoms with Crippen LogP contribution in [-0.2, 0) is 4.79 Å². The zero-order valence-electron chi connectivity index (χ0n) is 12.0. The van der Waals surface area contributed by atoms with Gasteiger partial charge in [-0.2, -0.15) is 0 Å². The van der Waals surface area contributed by atoms with Crippen LogP contribution in [0.3, 0.4) is 0 Å². The van der Waals surface area contributed by atoms with E-state index in [4.69, 9.17) is 0 Å². The van der Waals surface area contributed by atoms with E-state index >= 15 is 0 Å². The van der Waals surface area contributed by atoms with Gasteiger partial charge in [0, 0.05) is 17.4 Å². The summed E-state index contributed by atoms with van der Waals surface area (Å²) in [6.45, 7) is 8.05. The van der Waals surface area contributed by atoms with Crippen molar-refractivity contribution < 1.29 is 4.79 Å². The molecule has 104 valence electrons. The average molecular weight is 279 g/mol. The van der Waals surface area contributed by atoms with Gasteiger partial charge in [0.25, 0.3) is 0 Å². The number of carbonyl (C=O) groups is 1. The summed E-state index contributed by atoms with van der Waals surface area (Å²) in [5.41, 5.74) is 3.10. The lowest BCUT2D eigenvalue weighted by molar-refractivity contribution is -0.119. The monoisotopic (exact) mass is 279 g/mol. The Balaban J connectivity index is 1.86. The van der Waals surface area contributed by atoms with E-state index in [0.717, 1.165) is 17.0 Å². The fraction of sp³-hybridized carbons (Fsp3) is 0.643. The van der Waals surface area contributed by atoms with Gasteiger partial charge in [0.2, 0.25) is 5.91 Å². The van der Waals surface area contributed by atoms with Gasteiger partial charge < -0.3 is 5.32 Å². The number of thioether (sulfide) groups is 1. The first kappa shape index (κ1) is 14.3. The number of aromatic nitrogens is 2. The predicted molar refractivity (Wildman–Crippen MR) is 77.3 cm³/mol. The molecule has 1 aliphatic carbocycles. The summed E-state index contributed by atoms with van der Waals surface area (Å²) in [5, 5.41) is 3.73. The Hall–Kier alpha value is -1.10. The van der Waals surface area contributed by atoms with E-state index in [0.29, 0.717) is 22.9 Å². The van der Waals surface area contributed by atoms with Crippen LogP contribution < -0.4 is 5.32 Å². The first-order valence-electron chi connectivity index (χ1n) is 6.71. The van der Waals surface area contributed by atoms with E-state index in [1.54, 1.807) is 0 Å². The van der Waals surface area contributed by atoms with Crippen molar-refractivity contribution >= 4 is 17.7 Å². The van der Waals surface area contributed by atoms with E-state index < -0.39 is 0 Å². The molecule has 19 heavy (non-hydrogen) atoms. The molecular weight excluding hydrogens is 258 g/mol. The molecule has 1 saturated carbocycles. The number of amides is 1. The molecule has 1 aliphatic rings. The van der Waals surface area contributed by atoms with Crippen LogP contribution in [0.25, 0.3) is 0 Å². The molecule has 1 N–H and O–H groups in total. The summed E-state index contributed by atoms with van der Waals surface area (Å²) < 4.78 is 0. The second-order valence-electron chi connectivity index (χ2n) is 5.28. The summed E-state index contributed by atoms with van der Waals surface area (Å²) in [6.07, 6.45) is 2.49. The lowest BCUT2D eigenvalue weighted by atomic mass is 10.2. The smallest absolute Gasteiger partial charge is 0.230 e. The lowest BCUT2D eigenvalue weighted by Crippen LogP contribution is -2.35. The predicted octanol–water partition coefficient (Wildman–Crippen LogP) is 2.41. The van der Waals surface area contributed by atoms with Gasteiger partial charge >= 0.3 is 0 Å². The highest BCUT2D eigenvalue weighted by atomic mass is 32.2.